The smallest absolute Gasteiger partial charge is 0.240 e. The molecule has 0 aliphatic rings. The Kier molecular flexibility index (Phi) is 4.81. The highest BCUT2D eigenvalue weighted by Crippen LogP contribution is 2.15. The average Bonchev–Trinajstić information content (AvgIpc) is 2.93. The number of ether oxygens (including phenoxy) is 1. The zero-order valence-corrected chi connectivity index (χ0v) is 12.1. The van der Waals surface area contributed by atoms with Crippen LogP contribution < -0.4 is 9.46 Å². The first-order valence-electron chi connectivity index (χ1n) is 6.46. The predicted octanol–water partition coefficient (Wildman–Crippen LogP) is 1.93. The molecule has 0 unspecified atom stereocenters. The molecule has 5 nitrogen and oxygen atoms in total. The summed E-state index contributed by atoms with van der Waals surface area (Å²) < 4.78 is 32.0. The molecule has 1 aromatic heterocycles. The lowest BCUT2D eigenvalue weighted by Gasteiger charge is -2.07. The van der Waals surface area contributed by atoms with Gasteiger partial charge < -0.3 is 9.72 Å². The zero-order chi connectivity index (χ0) is 14.4. The number of H-pyrrole nitrogens is 1. The fourth-order valence-corrected chi connectivity index (χ4v) is 2.84. The fraction of sp³-hybridized carbons (Fsp3) is 0.286. The van der Waals surface area contributed by atoms with Gasteiger partial charge in [-0.05, 0) is 49.2 Å². The number of aromatic nitrogens is 1. The Balaban J connectivity index is 1.95. The number of aromatic amines is 1. The summed E-state index contributed by atoms with van der Waals surface area (Å²) in [6.07, 6.45) is 4.32. The number of benzene rings is 1. The molecular weight excluding hydrogens is 276 g/mol. The highest BCUT2D eigenvalue weighted by molar-refractivity contribution is 7.89. The predicted molar refractivity (Wildman–Crippen MR) is 77.3 cm³/mol. The molecule has 0 saturated heterocycles. The largest absolute Gasteiger partial charge is 0.494 e. The van der Waals surface area contributed by atoms with Crippen LogP contribution in [-0.4, -0.2) is 26.6 Å². The van der Waals surface area contributed by atoms with Gasteiger partial charge in [-0.25, -0.2) is 13.1 Å². The minimum Gasteiger partial charge on any atom is -0.494 e. The van der Waals surface area contributed by atoms with Crippen LogP contribution >= 0.6 is 0 Å². The second-order valence-electron chi connectivity index (χ2n) is 4.27. The van der Waals surface area contributed by atoms with E-state index in [9.17, 15) is 8.42 Å². The minimum absolute atomic E-state index is 0.245. The highest BCUT2D eigenvalue weighted by atomic mass is 32.2. The number of hydrogen-bond acceptors (Lipinski definition) is 3. The molecule has 1 heterocycles. The molecule has 0 atom stereocenters. The van der Waals surface area contributed by atoms with Gasteiger partial charge in [-0.2, -0.15) is 0 Å². The Morgan fingerprint density at radius 3 is 2.55 bits per heavy atom. The topological polar surface area (TPSA) is 71.2 Å². The molecule has 0 amide bonds. The van der Waals surface area contributed by atoms with Crippen LogP contribution in [0, 0.1) is 0 Å². The molecule has 20 heavy (non-hydrogen) atoms. The Bertz CT molecular complexity index is 619. The molecule has 0 aliphatic heterocycles. The van der Waals surface area contributed by atoms with Crippen LogP contribution in [0.2, 0.25) is 0 Å². The van der Waals surface area contributed by atoms with Gasteiger partial charge in [0, 0.05) is 18.9 Å². The molecule has 108 valence electrons. The molecule has 2 N–H and O–H groups in total. The van der Waals surface area contributed by atoms with Crippen LogP contribution in [0.1, 0.15) is 12.5 Å². The summed E-state index contributed by atoms with van der Waals surface area (Å²) in [5.74, 6) is 0.666. The lowest BCUT2D eigenvalue weighted by Crippen LogP contribution is -2.25. The van der Waals surface area contributed by atoms with Crippen LogP contribution in [0.3, 0.4) is 0 Å². The van der Waals surface area contributed by atoms with Crippen molar-refractivity contribution >= 4 is 10.0 Å². The molecule has 0 bridgehead atoms. The van der Waals surface area contributed by atoms with Crippen molar-refractivity contribution in [1.29, 1.82) is 0 Å². The van der Waals surface area contributed by atoms with Gasteiger partial charge in [0.2, 0.25) is 10.0 Å². The van der Waals surface area contributed by atoms with Crippen molar-refractivity contribution in [3.63, 3.8) is 0 Å². The minimum atomic E-state index is -3.46. The van der Waals surface area contributed by atoms with Crippen LogP contribution in [0.5, 0.6) is 5.75 Å². The number of nitrogens with one attached hydrogen (secondary N) is 2. The van der Waals surface area contributed by atoms with Crippen molar-refractivity contribution in [3.05, 3.63) is 48.3 Å². The lowest BCUT2D eigenvalue weighted by atomic mass is 10.2. The third-order valence-electron chi connectivity index (χ3n) is 2.81. The van der Waals surface area contributed by atoms with Gasteiger partial charge in [0.25, 0.3) is 0 Å². The number of hydrogen-bond donors (Lipinski definition) is 2. The Hall–Kier alpha value is -1.79. The molecule has 1 aromatic carbocycles. The summed E-state index contributed by atoms with van der Waals surface area (Å²) in [5, 5.41) is 0. The van der Waals surface area contributed by atoms with E-state index in [1.54, 1.807) is 24.3 Å². The van der Waals surface area contributed by atoms with Crippen molar-refractivity contribution < 1.29 is 13.2 Å². The summed E-state index contributed by atoms with van der Waals surface area (Å²) in [4.78, 5) is 3.18. The van der Waals surface area contributed by atoms with E-state index in [1.807, 2.05) is 25.4 Å². The van der Waals surface area contributed by atoms with Crippen molar-refractivity contribution in [3.8, 4) is 5.75 Å². The maximum atomic E-state index is 12.1. The van der Waals surface area contributed by atoms with Gasteiger partial charge in [-0.3, -0.25) is 0 Å². The van der Waals surface area contributed by atoms with E-state index in [-0.39, 0.29) is 4.90 Å². The molecule has 0 spiro atoms. The molecule has 0 radical (unpaired) electrons. The molecule has 2 aromatic rings. The van der Waals surface area contributed by atoms with Gasteiger partial charge in [-0.15, -0.1) is 0 Å². The first-order valence-corrected chi connectivity index (χ1v) is 7.94. The standard InChI is InChI=1S/C14H18N2O3S/c1-2-19-13-3-5-14(6-4-13)20(17,18)16-10-8-12-7-9-15-11-12/h3-7,9,11,15-16H,2,8,10H2,1H3. The normalized spacial score (nSPS) is 11.4. The molecule has 2 rings (SSSR count). The summed E-state index contributed by atoms with van der Waals surface area (Å²) in [6, 6.07) is 8.33. The van der Waals surface area contributed by atoms with Crippen molar-refractivity contribution in [1.82, 2.24) is 9.71 Å². The third-order valence-corrected chi connectivity index (χ3v) is 4.29. The highest BCUT2D eigenvalue weighted by Gasteiger charge is 2.13. The average molecular weight is 294 g/mol. The molecule has 0 aliphatic carbocycles. The van der Waals surface area contributed by atoms with E-state index in [2.05, 4.69) is 9.71 Å². The zero-order valence-electron chi connectivity index (χ0n) is 11.3. The van der Waals surface area contributed by atoms with Crippen molar-refractivity contribution in [2.75, 3.05) is 13.2 Å². The van der Waals surface area contributed by atoms with Gasteiger partial charge in [0.1, 0.15) is 5.75 Å². The molecule has 0 saturated carbocycles. The Morgan fingerprint density at radius 2 is 1.95 bits per heavy atom. The summed E-state index contributed by atoms with van der Waals surface area (Å²) >= 11 is 0. The Morgan fingerprint density at radius 1 is 1.20 bits per heavy atom. The monoisotopic (exact) mass is 294 g/mol. The van der Waals surface area contributed by atoms with E-state index >= 15 is 0 Å². The maximum absolute atomic E-state index is 12.1. The van der Waals surface area contributed by atoms with Gasteiger partial charge in [0.05, 0.1) is 11.5 Å². The quantitative estimate of drug-likeness (QED) is 0.819. The van der Waals surface area contributed by atoms with Gasteiger partial charge in [0.15, 0.2) is 0 Å². The fourth-order valence-electron chi connectivity index (χ4n) is 1.81. The van der Waals surface area contributed by atoms with Crippen LogP contribution in [0.25, 0.3) is 0 Å². The second kappa shape index (κ2) is 6.58. The molecule has 6 heteroatoms. The summed E-state index contributed by atoms with van der Waals surface area (Å²) in [6.45, 7) is 2.81. The third kappa shape index (κ3) is 3.85. The summed E-state index contributed by atoms with van der Waals surface area (Å²) in [5.41, 5.74) is 1.07. The lowest BCUT2D eigenvalue weighted by molar-refractivity contribution is 0.340. The van der Waals surface area contributed by atoms with Crippen LogP contribution in [0.4, 0.5) is 0 Å². The first kappa shape index (κ1) is 14.6. The van der Waals surface area contributed by atoms with Gasteiger partial charge in [-0.1, -0.05) is 0 Å². The van der Waals surface area contributed by atoms with E-state index in [0.29, 0.717) is 25.3 Å². The van der Waals surface area contributed by atoms with Crippen molar-refractivity contribution in [2.24, 2.45) is 0 Å². The number of sulfonamides is 1. The molecular formula is C14H18N2O3S. The van der Waals surface area contributed by atoms with Crippen molar-refractivity contribution in [2.45, 2.75) is 18.2 Å². The van der Waals surface area contributed by atoms with Crippen LogP contribution in [-0.2, 0) is 16.4 Å². The Labute approximate surface area is 119 Å². The van der Waals surface area contributed by atoms with E-state index < -0.39 is 10.0 Å². The summed E-state index contributed by atoms with van der Waals surface area (Å²) in [7, 11) is -3.46. The van der Waals surface area contributed by atoms with E-state index in [1.165, 1.54) is 0 Å². The molecule has 0 fully saturated rings. The van der Waals surface area contributed by atoms with Crippen LogP contribution in [0.15, 0.2) is 47.6 Å². The first-order chi connectivity index (χ1) is 9.62. The van der Waals surface area contributed by atoms with E-state index in [4.69, 9.17) is 4.74 Å². The SMILES string of the molecule is CCOc1ccc(S(=O)(=O)NCCc2cc[nH]c2)cc1. The maximum Gasteiger partial charge on any atom is 0.240 e. The number of rotatable bonds is 7. The second-order valence-corrected chi connectivity index (χ2v) is 6.04. The van der Waals surface area contributed by atoms with E-state index in [0.717, 1.165) is 5.56 Å². The van der Waals surface area contributed by atoms with Gasteiger partial charge >= 0.3 is 0 Å².